The minimum Gasteiger partial charge on any atom is -0.497 e. The molecule has 0 saturated carbocycles. The Hall–Kier alpha value is -2.14. The van der Waals surface area contributed by atoms with E-state index in [1.165, 1.54) is 11.8 Å². The van der Waals surface area contributed by atoms with Crippen LogP contribution in [0.15, 0.2) is 52.3 Å². The highest BCUT2D eigenvalue weighted by atomic mass is 32.2. The fraction of sp³-hybridized carbons (Fsp3) is 0.133. The fourth-order valence-electron chi connectivity index (χ4n) is 1.70. The normalized spacial score (nSPS) is 10.1. The molecule has 0 aromatic heterocycles. The third-order valence-corrected chi connectivity index (χ3v) is 3.72. The Kier molecular flexibility index (Phi) is 4.53. The first kappa shape index (κ1) is 14.3. The second-order valence-corrected chi connectivity index (χ2v) is 5.07. The van der Waals surface area contributed by atoms with Crippen molar-refractivity contribution in [1.29, 1.82) is 0 Å². The predicted octanol–water partition coefficient (Wildman–Crippen LogP) is 3.55. The van der Waals surface area contributed by atoms with Crippen molar-refractivity contribution in [2.75, 3.05) is 14.2 Å². The molecule has 0 aliphatic carbocycles. The monoisotopic (exact) mass is 290 g/mol. The summed E-state index contributed by atoms with van der Waals surface area (Å²) in [5.74, 6) is 0.391. The third-order valence-electron chi connectivity index (χ3n) is 2.67. The van der Waals surface area contributed by atoms with E-state index in [2.05, 4.69) is 0 Å². The van der Waals surface area contributed by atoms with Crippen molar-refractivity contribution < 1.29 is 19.4 Å². The van der Waals surface area contributed by atoms with Crippen LogP contribution in [0.1, 0.15) is 10.4 Å². The fourth-order valence-corrected chi connectivity index (χ4v) is 2.72. The average molecular weight is 290 g/mol. The molecule has 0 unspecified atom stereocenters. The number of hydrogen-bond donors (Lipinski definition) is 1. The Labute approximate surface area is 121 Å². The van der Waals surface area contributed by atoms with Crippen LogP contribution in [0.5, 0.6) is 11.5 Å². The van der Waals surface area contributed by atoms with Gasteiger partial charge in [-0.3, -0.25) is 0 Å². The van der Waals surface area contributed by atoms with Crippen LogP contribution in [0.2, 0.25) is 0 Å². The number of rotatable bonds is 5. The van der Waals surface area contributed by atoms with Crippen LogP contribution >= 0.6 is 11.8 Å². The van der Waals surface area contributed by atoms with Gasteiger partial charge in [-0.1, -0.05) is 23.9 Å². The standard InChI is InChI=1S/C15H14O4S/c1-18-10-7-11(19-2)9-12(8-10)20-14-6-4-3-5-13(14)15(16)17/h3-9H,1-2H3,(H,16,17). The van der Waals surface area contributed by atoms with Crippen molar-refractivity contribution in [3.63, 3.8) is 0 Å². The third kappa shape index (κ3) is 3.24. The molecule has 104 valence electrons. The van der Waals surface area contributed by atoms with Gasteiger partial charge in [-0.05, 0) is 24.3 Å². The minimum absolute atomic E-state index is 0.277. The molecule has 0 heterocycles. The molecule has 0 atom stereocenters. The zero-order chi connectivity index (χ0) is 14.5. The summed E-state index contributed by atoms with van der Waals surface area (Å²) in [6.07, 6.45) is 0. The van der Waals surface area contributed by atoms with Crippen LogP contribution < -0.4 is 9.47 Å². The van der Waals surface area contributed by atoms with Gasteiger partial charge in [0.25, 0.3) is 0 Å². The smallest absolute Gasteiger partial charge is 0.336 e. The van der Waals surface area contributed by atoms with E-state index < -0.39 is 5.97 Å². The molecule has 0 fully saturated rings. The molecule has 2 aromatic carbocycles. The van der Waals surface area contributed by atoms with E-state index in [-0.39, 0.29) is 5.56 Å². The highest BCUT2D eigenvalue weighted by Gasteiger charge is 2.11. The molecule has 0 saturated heterocycles. The lowest BCUT2D eigenvalue weighted by Gasteiger charge is -2.09. The van der Waals surface area contributed by atoms with Crippen molar-refractivity contribution in [3.8, 4) is 11.5 Å². The zero-order valence-electron chi connectivity index (χ0n) is 11.1. The van der Waals surface area contributed by atoms with Gasteiger partial charge in [0, 0.05) is 15.9 Å². The summed E-state index contributed by atoms with van der Waals surface area (Å²) >= 11 is 1.36. The van der Waals surface area contributed by atoms with Crippen LogP contribution in [0.3, 0.4) is 0 Å². The molecule has 1 N–H and O–H groups in total. The molecule has 20 heavy (non-hydrogen) atoms. The van der Waals surface area contributed by atoms with Crippen LogP contribution in [-0.4, -0.2) is 25.3 Å². The van der Waals surface area contributed by atoms with E-state index in [0.717, 1.165) is 4.90 Å². The van der Waals surface area contributed by atoms with Crippen molar-refractivity contribution in [3.05, 3.63) is 48.0 Å². The van der Waals surface area contributed by atoms with Crippen molar-refractivity contribution in [2.24, 2.45) is 0 Å². The molecule has 4 nitrogen and oxygen atoms in total. The van der Waals surface area contributed by atoms with E-state index in [9.17, 15) is 9.90 Å². The lowest BCUT2D eigenvalue weighted by atomic mass is 10.2. The second-order valence-electron chi connectivity index (χ2n) is 3.95. The number of aromatic carboxylic acids is 1. The van der Waals surface area contributed by atoms with E-state index in [1.807, 2.05) is 18.2 Å². The SMILES string of the molecule is COc1cc(OC)cc(Sc2ccccc2C(=O)O)c1. The number of methoxy groups -OCH3 is 2. The zero-order valence-corrected chi connectivity index (χ0v) is 11.9. The van der Waals surface area contributed by atoms with Gasteiger partial charge in [0.05, 0.1) is 19.8 Å². The van der Waals surface area contributed by atoms with E-state index in [1.54, 1.807) is 38.5 Å². The minimum atomic E-state index is -0.942. The summed E-state index contributed by atoms with van der Waals surface area (Å²) in [6.45, 7) is 0. The molecular weight excluding hydrogens is 276 g/mol. The maximum Gasteiger partial charge on any atom is 0.336 e. The topological polar surface area (TPSA) is 55.8 Å². The largest absolute Gasteiger partial charge is 0.497 e. The highest BCUT2D eigenvalue weighted by molar-refractivity contribution is 7.99. The van der Waals surface area contributed by atoms with Crippen molar-refractivity contribution in [2.45, 2.75) is 9.79 Å². The van der Waals surface area contributed by atoms with Gasteiger partial charge in [-0.2, -0.15) is 0 Å². The van der Waals surface area contributed by atoms with E-state index in [0.29, 0.717) is 16.4 Å². The Balaban J connectivity index is 2.37. The molecule has 0 aliphatic rings. The van der Waals surface area contributed by atoms with Gasteiger partial charge in [0.15, 0.2) is 0 Å². The summed E-state index contributed by atoms with van der Waals surface area (Å²) < 4.78 is 10.4. The molecule has 0 amide bonds. The highest BCUT2D eigenvalue weighted by Crippen LogP contribution is 2.35. The maximum absolute atomic E-state index is 11.2. The molecule has 2 aromatic rings. The summed E-state index contributed by atoms with van der Waals surface area (Å²) in [6, 6.07) is 12.3. The molecule has 5 heteroatoms. The van der Waals surface area contributed by atoms with Gasteiger partial charge >= 0.3 is 5.97 Å². The Morgan fingerprint density at radius 3 is 2.20 bits per heavy atom. The second kappa shape index (κ2) is 6.34. The maximum atomic E-state index is 11.2. The number of ether oxygens (including phenoxy) is 2. The van der Waals surface area contributed by atoms with Gasteiger partial charge in [0.2, 0.25) is 0 Å². The van der Waals surface area contributed by atoms with Crippen LogP contribution in [-0.2, 0) is 0 Å². The van der Waals surface area contributed by atoms with Crippen molar-refractivity contribution in [1.82, 2.24) is 0 Å². The van der Waals surface area contributed by atoms with Crippen LogP contribution in [0, 0.1) is 0 Å². The summed E-state index contributed by atoms with van der Waals surface area (Å²) in [4.78, 5) is 12.7. The number of hydrogen-bond acceptors (Lipinski definition) is 4. The lowest BCUT2D eigenvalue weighted by Crippen LogP contribution is -1.98. The van der Waals surface area contributed by atoms with Crippen LogP contribution in [0.25, 0.3) is 0 Å². The first-order chi connectivity index (χ1) is 9.63. The number of carboxylic acid groups (broad SMARTS) is 1. The van der Waals surface area contributed by atoms with E-state index in [4.69, 9.17) is 9.47 Å². The first-order valence-electron chi connectivity index (χ1n) is 5.87. The number of benzene rings is 2. The van der Waals surface area contributed by atoms with Crippen LogP contribution in [0.4, 0.5) is 0 Å². The lowest BCUT2D eigenvalue weighted by molar-refractivity contribution is 0.0693. The van der Waals surface area contributed by atoms with Gasteiger partial charge in [-0.15, -0.1) is 0 Å². The molecule has 0 aliphatic heterocycles. The van der Waals surface area contributed by atoms with Crippen molar-refractivity contribution >= 4 is 17.7 Å². The molecule has 0 radical (unpaired) electrons. The number of carboxylic acids is 1. The van der Waals surface area contributed by atoms with Gasteiger partial charge in [-0.25, -0.2) is 4.79 Å². The Bertz CT molecular complexity index is 603. The average Bonchev–Trinajstić information content (AvgIpc) is 2.47. The van der Waals surface area contributed by atoms with Gasteiger partial charge in [0.1, 0.15) is 11.5 Å². The quantitative estimate of drug-likeness (QED) is 0.912. The van der Waals surface area contributed by atoms with E-state index >= 15 is 0 Å². The summed E-state index contributed by atoms with van der Waals surface area (Å²) in [7, 11) is 3.16. The summed E-state index contributed by atoms with van der Waals surface area (Å²) in [5, 5.41) is 9.18. The summed E-state index contributed by atoms with van der Waals surface area (Å²) in [5.41, 5.74) is 0.277. The number of carbonyl (C=O) groups is 1. The van der Waals surface area contributed by atoms with Gasteiger partial charge < -0.3 is 14.6 Å². The molecule has 0 spiro atoms. The predicted molar refractivity (Wildman–Crippen MR) is 77.1 cm³/mol. The molecule has 0 bridgehead atoms. The Morgan fingerprint density at radius 1 is 1.05 bits per heavy atom. The first-order valence-corrected chi connectivity index (χ1v) is 6.69. The molecule has 2 rings (SSSR count). The Morgan fingerprint density at radius 2 is 1.65 bits per heavy atom. The molecular formula is C15H14O4S.